The average Bonchev–Trinajstić information content (AvgIpc) is 2.55. The van der Waals surface area contributed by atoms with Crippen molar-refractivity contribution in [3.8, 4) is 0 Å². The smallest absolute Gasteiger partial charge is 0.362 e. The van der Waals surface area contributed by atoms with Gasteiger partial charge in [0.25, 0.3) is 0 Å². The van der Waals surface area contributed by atoms with Gasteiger partial charge < -0.3 is 9.52 Å². The van der Waals surface area contributed by atoms with Gasteiger partial charge in [-0.25, -0.2) is 9.78 Å². The van der Waals surface area contributed by atoms with Gasteiger partial charge in [-0.05, 0) is 23.8 Å². The number of nitrogens with zero attached hydrogens (tertiary/aromatic N) is 1. The van der Waals surface area contributed by atoms with Crippen LogP contribution >= 0.6 is 0 Å². The molecule has 1 heterocycles. The average molecular weight is 291 g/mol. The number of hydrogen-bond acceptors (Lipinski definition) is 4. The third-order valence-corrected chi connectivity index (χ3v) is 3.05. The summed E-state index contributed by atoms with van der Waals surface area (Å²) < 4.78 is 5.16. The van der Waals surface area contributed by atoms with Crippen LogP contribution in [0.2, 0.25) is 0 Å². The number of benzene rings is 2. The number of rotatable bonds is 3. The number of allylic oxidation sites excluding steroid dienone is 1. The molecule has 0 saturated carbocycles. The summed E-state index contributed by atoms with van der Waals surface area (Å²) in [7, 11) is 0. The molecule has 0 bridgehead atoms. The number of aliphatic hydroxyl groups excluding tert-OH is 1. The van der Waals surface area contributed by atoms with Gasteiger partial charge in [0.15, 0.2) is 11.3 Å². The van der Waals surface area contributed by atoms with Crippen LogP contribution in [0.5, 0.6) is 0 Å². The van der Waals surface area contributed by atoms with Crippen LogP contribution in [0.4, 0.5) is 0 Å². The fraction of sp³-hybridized carbons (Fsp3) is 0. The Balaban J connectivity index is 1.92. The number of hydrogen-bond donors (Lipinski definition) is 1. The molecular weight excluding hydrogens is 278 g/mol. The highest BCUT2D eigenvalue weighted by molar-refractivity contribution is 5.72. The van der Waals surface area contributed by atoms with Crippen molar-refractivity contribution in [1.29, 1.82) is 0 Å². The highest BCUT2D eigenvalue weighted by Gasteiger charge is 2.04. The van der Waals surface area contributed by atoms with Crippen LogP contribution in [-0.2, 0) is 0 Å². The minimum atomic E-state index is -0.585. The van der Waals surface area contributed by atoms with E-state index in [0.29, 0.717) is 11.1 Å². The van der Waals surface area contributed by atoms with Crippen molar-refractivity contribution >= 4 is 23.3 Å². The zero-order valence-corrected chi connectivity index (χ0v) is 11.6. The molecule has 108 valence electrons. The summed E-state index contributed by atoms with van der Waals surface area (Å²) in [6.45, 7) is 0. The van der Waals surface area contributed by atoms with Crippen molar-refractivity contribution in [3.05, 3.63) is 88.1 Å². The minimum absolute atomic E-state index is 0.0638. The molecule has 22 heavy (non-hydrogen) atoms. The van der Waals surface area contributed by atoms with Gasteiger partial charge in [0.1, 0.15) is 11.3 Å². The van der Waals surface area contributed by atoms with Crippen LogP contribution in [0.25, 0.3) is 23.3 Å². The summed E-state index contributed by atoms with van der Waals surface area (Å²) in [5.41, 5.74) is 1.41. The first-order valence-corrected chi connectivity index (χ1v) is 6.76. The van der Waals surface area contributed by atoms with Crippen LogP contribution < -0.4 is 5.63 Å². The number of para-hydroxylation sites is 2. The number of aromatic nitrogens is 1. The predicted molar refractivity (Wildman–Crippen MR) is 86.4 cm³/mol. The maximum atomic E-state index is 11.8. The van der Waals surface area contributed by atoms with Crippen LogP contribution in [0, 0.1) is 0 Å². The Labute approximate surface area is 126 Å². The molecule has 0 saturated heterocycles. The van der Waals surface area contributed by atoms with Gasteiger partial charge in [-0.15, -0.1) is 0 Å². The van der Waals surface area contributed by atoms with Crippen molar-refractivity contribution in [2.24, 2.45) is 0 Å². The summed E-state index contributed by atoms with van der Waals surface area (Å²) in [4.78, 5) is 16.0. The number of fused-ring (bicyclic) bond motifs is 1. The molecule has 0 aliphatic carbocycles. The fourth-order valence-electron chi connectivity index (χ4n) is 1.99. The molecule has 0 aliphatic rings. The topological polar surface area (TPSA) is 63.3 Å². The fourth-order valence-corrected chi connectivity index (χ4v) is 1.99. The molecule has 4 heteroatoms. The van der Waals surface area contributed by atoms with E-state index in [2.05, 4.69) is 4.98 Å². The second kappa shape index (κ2) is 6.10. The van der Waals surface area contributed by atoms with E-state index in [1.54, 1.807) is 30.3 Å². The van der Waals surface area contributed by atoms with Crippen molar-refractivity contribution < 1.29 is 9.52 Å². The Morgan fingerprint density at radius 1 is 1.05 bits per heavy atom. The molecule has 3 rings (SSSR count). The molecule has 2 aromatic carbocycles. The van der Waals surface area contributed by atoms with Crippen molar-refractivity contribution in [1.82, 2.24) is 4.98 Å². The van der Waals surface area contributed by atoms with E-state index in [0.717, 1.165) is 5.56 Å². The van der Waals surface area contributed by atoms with E-state index in [1.165, 1.54) is 12.2 Å². The molecule has 0 unspecified atom stereocenters. The van der Waals surface area contributed by atoms with E-state index in [9.17, 15) is 9.90 Å². The van der Waals surface area contributed by atoms with Crippen molar-refractivity contribution in [2.75, 3.05) is 0 Å². The Bertz CT molecular complexity index is 908. The Hall–Kier alpha value is -3.14. The minimum Gasteiger partial charge on any atom is -0.508 e. The summed E-state index contributed by atoms with van der Waals surface area (Å²) in [6.07, 6.45) is 4.54. The first-order valence-electron chi connectivity index (χ1n) is 6.76. The second-order valence-electron chi connectivity index (χ2n) is 4.67. The zero-order valence-electron chi connectivity index (χ0n) is 11.6. The van der Waals surface area contributed by atoms with Crippen LogP contribution in [0.15, 0.2) is 75.6 Å². The van der Waals surface area contributed by atoms with Gasteiger partial charge in [0, 0.05) is 6.08 Å². The zero-order chi connectivity index (χ0) is 15.4. The molecule has 0 aliphatic heterocycles. The van der Waals surface area contributed by atoms with Gasteiger partial charge in [0.05, 0.1) is 0 Å². The van der Waals surface area contributed by atoms with Crippen LogP contribution in [0.1, 0.15) is 11.3 Å². The third kappa shape index (κ3) is 3.12. The monoisotopic (exact) mass is 291 g/mol. The lowest BCUT2D eigenvalue weighted by Crippen LogP contribution is -2.06. The molecule has 1 aromatic heterocycles. The Kier molecular flexibility index (Phi) is 3.83. The Morgan fingerprint density at radius 3 is 2.59 bits per heavy atom. The summed E-state index contributed by atoms with van der Waals surface area (Å²) in [6, 6.07) is 16.5. The van der Waals surface area contributed by atoms with E-state index in [4.69, 9.17) is 4.42 Å². The molecule has 0 amide bonds. The molecule has 0 fully saturated rings. The summed E-state index contributed by atoms with van der Waals surface area (Å²) in [5, 5.41) is 9.91. The lowest BCUT2D eigenvalue weighted by atomic mass is 10.2. The molecule has 3 aromatic rings. The Morgan fingerprint density at radius 2 is 1.77 bits per heavy atom. The maximum absolute atomic E-state index is 11.8. The van der Waals surface area contributed by atoms with Gasteiger partial charge in [-0.2, -0.15) is 0 Å². The standard InChI is InChI=1S/C18H13NO3/c20-14(11-10-13-6-2-1-3-7-13)12-16-18(21)22-17-9-5-4-8-15(17)19-16/h1-12,20H/b11-10-,14-12-. The normalized spacial score (nSPS) is 12.1. The molecule has 4 nitrogen and oxygen atoms in total. The molecular formula is C18H13NO3. The second-order valence-corrected chi connectivity index (χ2v) is 4.67. The first-order chi connectivity index (χ1) is 10.7. The first kappa shape index (κ1) is 13.8. The van der Waals surface area contributed by atoms with Crippen LogP contribution in [-0.4, -0.2) is 10.1 Å². The maximum Gasteiger partial charge on any atom is 0.362 e. The largest absolute Gasteiger partial charge is 0.508 e. The SMILES string of the molecule is O=c1oc2ccccc2nc1/C=C(O)/C=C\c1ccccc1. The molecule has 0 spiro atoms. The molecule has 1 N–H and O–H groups in total. The lowest BCUT2D eigenvalue weighted by molar-refractivity contribution is 0.437. The van der Waals surface area contributed by atoms with E-state index in [1.807, 2.05) is 30.3 Å². The van der Waals surface area contributed by atoms with Gasteiger partial charge >= 0.3 is 5.63 Å². The summed E-state index contributed by atoms with van der Waals surface area (Å²) >= 11 is 0. The van der Waals surface area contributed by atoms with E-state index in [-0.39, 0.29) is 11.5 Å². The van der Waals surface area contributed by atoms with Gasteiger partial charge in [-0.3, -0.25) is 0 Å². The third-order valence-electron chi connectivity index (χ3n) is 3.05. The molecule has 0 atom stereocenters. The predicted octanol–water partition coefficient (Wildman–Crippen LogP) is 3.80. The van der Waals surface area contributed by atoms with Gasteiger partial charge in [-0.1, -0.05) is 48.5 Å². The quantitative estimate of drug-likeness (QED) is 0.589. The summed E-state index contributed by atoms with van der Waals surface area (Å²) in [5.74, 6) is -0.0704. The van der Waals surface area contributed by atoms with Gasteiger partial charge in [0.2, 0.25) is 0 Å². The highest BCUT2D eigenvalue weighted by Crippen LogP contribution is 2.11. The molecule has 0 radical (unpaired) electrons. The lowest BCUT2D eigenvalue weighted by Gasteiger charge is -1.97. The van der Waals surface area contributed by atoms with E-state index >= 15 is 0 Å². The van der Waals surface area contributed by atoms with Crippen molar-refractivity contribution in [3.63, 3.8) is 0 Å². The number of aliphatic hydroxyl groups is 1. The highest BCUT2D eigenvalue weighted by atomic mass is 16.4. The van der Waals surface area contributed by atoms with Crippen LogP contribution in [0.3, 0.4) is 0 Å². The van der Waals surface area contributed by atoms with E-state index < -0.39 is 5.63 Å². The van der Waals surface area contributed by atoms with Crippen molar-refractivity contribution in [2.45, 2.75) is 0 Å².